The average molecular weight is 792 g/mol. The summed E-state index contributed by atoms with van der Waals surface area (Å²) >= 11 is 0. The van der Waals surface area contributed by atoms with Gasteiger partial charge < -0.3 is 9.13 Å². The van der Waals surface area contributed by atoms with Gasteiger partial charge in [-0.1, -0.05) is 182 Å². The third-order valence-electron chi connectivity index (χ3n) is 12.0. The maximum Gasteiger partial charge on any atom is 0.164 e. The number of hydrogen-bond donors (Lipinski definition) is 0. The van der Waals surface area contributed by atoms with Crippen LogP contribution in [0.4, 0.5) is 0 Å². The maximum absolute atomic E-state index is 5.26. The number of nitrogens with zero attached hydrogens (tertiary/aromatic N) is 5. The molecular weight excluding hydrogens is 755 g/mol. The number of benzene rings is 9. The van der Waals surface area contributed by atoms with E-state index in [0.717, 1.165) is 72.4 Å². The van der Waals surface area contributed by atoms with Crippen molar-refractivity contribution in [3.63, 3.8) is 0 Å². The van der Waals surface area contributed by atoms with Crippen molar-refractivity contribution in [2.75, 3.05) is 0 Å². The Bertz CT molecular complexity index is 3530. The van der Waals surface area contributed by atoms with Gasteiger partial charge >= 0.3 is 0 Å². The zero-order valence-corrected chi connectivity index (χ0v) is 33.6. The fourth-order valence-electron chi connectivity index (χ4n) is 9.19. The van der Waals surface area contributed by atoms with Crippen LogP contribution in [0, 0.1) is 0 Å². The summed E-state index contributed by atoms with van der Waals surface area (Å²) in [6.07, 6.45) is 0. The number of aromatic nitrogens is 5. The summed E-state index contributed by atoms with van der Waals surface area (Å²) in [5.41, 5.74) is 14.0. The van der Waals surface area contributed by atoms with Gasteiger partial charge in [0.15, 0.2) is 17.5 Å². The van der Waals surface area contributed by atoms with Crippen molar-refractivity contribution in [1.29, 1.82) is 0 Å². The van der Waals surface area contributed by atoms with Gasteiger partial charge in [-0.15, -0.1) is 0 Å². The van der Waals surface area contributed by atoms with E-state index in [-0.39, 0.29) is 0 Å². The largest absolute Gasteiger partial charge is 0.309 e. The molecule has 5 heteroatoms. The second-order valence-electron chi connectivity index (χ2n) is 15.6. The Morgan fingerprint density at radius 3 is 1.18 bits per heavy atom. The first-order valence-corrected chi connectivity index (χ1v) is 21.0. The summed E-state index contributed by atoms with van der Waals surface area (Å²) in [4.78, 5) is 15.6. The molecule has 0 spiro atoms. The number of rotatable bonds is 7. The second-order valence-corrected chi connectivity index (χ2v) is 15.6. The van der Waals surface area contributed by atoms with E-state index >= 15 is 0 Å². The molecule has 12 aromatic rings. The van der Waals surface area contributed by atoms with Gasteiger partial charge in [0.05, 0.1) is 27.8 Å². The Labute approximate surface area is 358 Å². The highest BCUT2D eigenvalue weighted by molar-refractivity contribution is 6.11. The first-order chi connectivity index (χ1) is 30.8. The fourth-order valence-corrected chi connectivity index (χ4v) is 9.19. The molecule has 5 nitrogen and oxygen atoms in total. The summed E-state index contributed by atoms with van der Waals surface area (Å²) in [6.45, 7) is 0. The SMILES string of the molecule is c1ccc(-c2nc(-c3cccc(-c4cccc(-c5ccccc5)c4-n4c5ccccc5c5ccccc54)c3)nc(-c3cccc(-n4c5ccccc5c5ccccc54)c3)n2)cc1. The van der Waals surface area contributed by atoms with E-state index in [2.05, 4.69) is 215 Å². The zero-order valence-electron chi connectivity index (χ0n) is 33.6. The van der Waals surface area contributed by atoms with Crippen molar-refractivity contribution in [3.05, 3.63) is 224 Å². The molecule has 0 amide bonds. The lowest BCUT2D eigenvalue weighted by molar-refractivity contribution is 1.07. The van der Waals surface area contributed by atoms with Crippen molar-refractivity contribution in [2.45, 2.75) is 0 Å². The van der Waals surface area contributed by atoms with E-state index in [1.165, 1.54) is 21.5 Å². The summed E-state index contributed by atoms with van der Waals surface area (Å²) in [5.74, 6) is 1.84. The highest BCUT2D eigenvalue weighted by atomic mass is 15.0. The number of para-hydroxylation sites is 5. The predicted molar refractivity (Wildman–Crippen MR) is 256 cm³/mol. The maximum atomic E-state index is 5.26. The molecule has 62 heavy (non-hydrogen) atoms. The standard InChI is InChI=1S/C57H37N5/c1-3-18-38(19-4-1)44-30-17-31-45(54(44)62-52-34-13-9-28-48(52)49-29-10-14-35-53(49)62)40-22-15-23-41(36-40)56-58-55(39-20-5-2-6-21-39)59-57(60-56)42-24-16-25-43(37-42)61-50-32-11-7-26-46(50)47-27-8-12-33-51(47)61/h1-37H. The summed E-state index contributed by atoms with van der Waals surface area (Å²) < 4.78 is 4.77. The van der Waals surface area contributed by atoms with E-state index in [1.54, 1.807) is 0 Å². The fraction of sp³-hybridized carbons (Fsp3) is 0. The Morgan fingerprint density at radius 2 is 0.629 bits per heavy atom. The minimum Gasteiger partial charge on any atom is -0.309 e. The molecule has 290 valence electrons. The Hall–Kier alpha value is -8.41. The van der Waals surface area contributed by atoms with E-state index < -0.39 is 0 Å². The number of fused-ring (bicyclic) bond motifs is 6. The summed E-state index contributed by atoms with van der Waals surface area (Å²) in [7, 11) is 0. The van der Waals surface area contributed by atoms with Crippen LogP contribution in [0.3, 0.4) is 0 Å². The second kappa shape index (κ2) is 14.7. The Balaban J connectivity index is 1.05. The molecule has 0 bridgehead atoms. The Morgan fingerprint density at radius 1 is 0.258 bits per heavy atom. The van der Waals surface area contributed by atoms with Gasteiger partial charge in [-0.2, -0.15) is 0 Å². The molecule has 3 heterocycles. The van der Waals surface area contributed by atoms with Crippen molar-refractivity contribution in [2.24, 2.45) is 0 Å². The lowest BCUT2D eigenvalue weighted by Gasteiger charge is -2.19. The van der Waals surface area contributed by atoms with E-state index in [9.17, 15) is 0 Å². The van der Waals surface area contributed by atoms with Crippen LogP contribution in [-0.2, 0) is 0 Å². The van der Waals surface area contributed by atoms with E-state index in [1.807, 2.05) is 18.2 Å². The first kappa shape index (κ1) is 35.5. The van der Waals surface area contributed by atoms with Crippen LogP contribution in [0.25, 0.3) is 111 Å². The highest BCUT2D eigenvalue weighted by Gasteiger charge is 2.21. The molecule has 0 aliphatic heterocycles. The lowest BCUT2D eigenvalue weighted by Crippen LogP contribution is -2.02. The third-order valence-corrected chi connectivity index (χ3v) is 12.0. The van der Waals surface area contributed by atoms with Gasteiger partial charge in [0.1, 0.15) is 0 Å². The quantitative estimate of drug-likeness (QED) is 0.162. The lowest BCUT2D eigenvalue weighted by atomic mass is 9.94. The molecule has 0 unspecified atom stereocenters. The van der Waals surface area contributed by atoms with Crippen molar-refractivity contribution in [1.82, 2.24) is 24.1 Å². The first-order valence-electron chi connectivity index (χ1n) is 21.0. The van der Waals surface area contributed by atoms with Crippen LogP contribution in [0.15, 0.2) is 224 Å². The Kier molecular flexibility index (Phi) is 8.42. The predicted octanol–water partition coefficient (Wildman–Crippen LogP) is 14.4. The van der Waals surface area contributed by atoms with Gasteiger partial charge in [0.25, 0.3) is 0 Å². The molecule has 0 saturated carbocycles. The zero-order chi connectivity index (χ0) is 41.0. The minimum absolute atomic E-state index is 0.607. The van der Waals surface area contributed by atoms with Crippen LogP contribution in [0.2, 0.25) is 0 Å². The molecule has 0 saturated heterocycles. The van der Waals surface area contributed by atoms with E-state index in [4.69, 9.17) is 15.0 Å². The molecule has 9 aromatic carbocycles. The molecule has 0 N–H and O–H groups in total. The molecule has 0 radical (unpaired) electrons. The topological polar surface area (TPSA) is 48.5 Å². The average Bonchev–Trinajstić information content (AvgIpc) is 3.87. The minimum atomic E-state index is 0.607. The van der Waals surface area contributed by atoms with Crippen LogP contribution in [0.1, 0.15) is 0 Å². The van der Waals surface area contributed by atoms with Crippen molar-refractivity contribution in [3.8, 4) is 67.8 Å². The molecule has 3 aromatic heterocycles. The molecule has 0 atom stereocenters. The summed E-state index contributed by atoms with van der Waals surface area (Å²) in [5, 5.41) is 4.88. The van der Waals surface area contributed by atoms with Crippen LogP contribution < -0.4 is 0 Å². The van der Waals surface area contributed by atoms with Crippen LogP contribution >= 0.6 is 0 Å². The molecule has 0 aliphatic rings. The van der Waals surface area contributed by atoms with Gasteiger partial charge in [-0.05, 0) is 53.6 Å². The van der Waals surface area contributed by atoms with Gasteiger partial charge in [0.2, 0.25) is 0 Å². The van der Waals surface area contributed by atoms with E-state index in [0.29, 0.717) is 17.5 Å². The normalized spacial score (nSPS) is 11.5. The number of hydrogen-bond acceptors (Lipinski definition) is 3. The van der Waals surface area contributed by atoms with Crippen LogP contribution in [0.5, 0.6) is 0 Å². The van der Waals surface area contributed by atoms with Gasteiger partial charge in [-0.25, -0.2) is 15.0 Å². The van der Waals surface area contributed by atoms with Crippen molar-refractivity contribution >= 4 is 43.6 Å². The van der Waals surface area contributed by atoms with Crippen molar-refractivity contribution < 1.29 is 0 Å². The van der Waals surface area contributed by atoms with Gasteiger partial charge in [0, 0.05) is 55.0 Å². The monoisotopic (exact) mass is 791 g/mol. The molecule has 0 fully saturated rings. The smallest absolute Gasteiger partial charge is 0.164 e. The molecular formula is C57H37N5. The van der Waals surface area contributed by atoms with Crippen LogP contribution in [-0.4, -0.2) is 24.1 Å². The molecule has 12 rings (SSSR count). The highest BCUT2D eigenvalue weighted by Crippen LogP contribution is 2.42. The summed E-state index contributed by atoms with van der Waals surface area (Å²) in [6, 6.07) is 79.3. The van der Waals surface area contributed by atoms with Gasteiger partial charge in [-0.3, -0.25) is 0 Å². The third kappa shape index (κ3) is 5.90. The molecule has 0 aliphatic carbocycles.